The molecule has 0 aliphatic carbocycles. The van der Waals surface area contributed by atoms with Crippen LogP contribution in [-0.2, 0) is 97.4 Å². The Morgan fingerprint density at radius 1 is 0.411 bits per heavy atom. The minimum Gasteiger partial charge on any atom is -0.325 e. The Morgan fingerprint density at radius 3 is 0.786 bits per heavy atom. The maximum atomic E-state index is 11.2. The van der Waals surface area contributed by atoms with Gasteiger partial charge < -0.3 is 67.8 Å². The molecule has 0 amide bonds. The summed E-state index contributed by atoms with van der Waals surface area (Å²) in [5, 5.41) is 0. The van der Waals surface area contributed by atoms with Crippen molar-refractivity contribution in [3.05, 3.63) is 0 Å². The van der Waals surface area contributed by atoms with E-state index < -0.39 is 74.9 Å². The molecule has 12 N–H and O–H groups in total. The van der Waals surface area contributed by atoms with Crippen molar-refractivity contribution in [2.75, 3.05) is 53.9 Å². The number of rotatable bonds is 20. The van der Waals surface area contributed by atoms with Crippen LogP contribution in [-0.4, -0.2) is 113 Å². The topological polar surface area (TPSA) is 481 Å². The SMILES string of the molecule is CCOP(=O)(O)OC.CCOP(=O)(O)OC.CCOP(=O)(O)OP(=O)(O)O.CCOP(=O)(O)S.CCOP(=O)(OP(=O)(O)O)OP(=O)(O)O.CCOP(O)(O)=S. The first kappa shape index (κ1) is 69.6. The third-order valence-corrected chi connectivity index (χ3v) is 12.9. The lowest BCUT2D eigenvalue weighted by molar-refractivity contribution is 0.169. The molecule has 0 rings (SSSR count). The van der Waals surface area contributed by atoms with E-state index in [1.54, 1.807) is 27.7 Å². The zero-order valence-corrected chi connectivity index (χ0v) is 40.0. The van der Waals surface area contributed by atoms with E-state index in [-0.39, 0.29) is 33.0 Å². The van der Waals surface area contributed by atoms with Gasteiger partial charge in [-0.15, -0.1) is 0 Å². The van der Waals surface area contributed by atoms with Gasteiger partial charge in [0, 0.05) is 14.2 Å². The average Bonchev–Trinajstić information content (AvgIpc) is 2.90. The molecule has 0 saturated heterocycles. The maximum Gasteiger partial charge on any atom is 0.492 e. The fraction of sp³-hybridized carbons (Fsp3) is 1.00. The molecule has 0 aromatic rings. The molecule has 0 aliphatic rings. The van der Waals surface area contributed by atoms with E-state index in [9.17, 15) is 36.5 Å². The summed E-state index contributed by atoms with van der Waals surface area (Å²) in [4.78, 5) is 99.3. The van der Waals surface area contributed by atoms with Crippen molar-refractivity contribution in [2.45, 2.75) is 41.5 Å². The summed E-state index contributed by atoms with van der Waals surface area (Å²) in [7, 11) is -30.1. The smallest absolute Gasteiger partial charge is 0.325 e. The van der Waals surface area contributed by atoms with Crippen LogP contribution >= 0.6 is 80.5 Å². The van der Waals surface area contributed by atoms with Crippen LogP contribution in [0, 0.1) is 0 Å². The first-order valence-electron chi connectivity index (χ1n) is 13.6. The predicted octanol–water partition coefficient (Wildman–Crippen LogP) is 3.41. The van der Waals surface area contributed by atoms with E-state index in [2.05, 4.69) is 73.2 Å². The van der Waals surface area contributed by atoms with Gasteiger partial charge in [-0.2, -0.15) is 12.9 Å². The fourth-order valence-corrected chi connectivity index (χ4v) is 8.52. The van der Waals surface area contributed by atoms with Crippen LogP contribution in [0.5, 0.6) is 0 Å². The first-order valence-corrected chi connectivity index (χ1v) is 29.5. The largest absolute Gasteiger partial charge is 0.492 e. The van der Waals surface area contributed by atoms with E-state index in [1.807, 2.05) is 0 Å². The van der Waals surface area contributed by atoms with Crippen molar-refractivity contribution in [3.8, 4) is 0 Å². The van der Waals surface area contributed by atoms with E-state index in [0.717, 1.165) is 14.2 Å². The Balaban J connectivity index is -0.000000138. The van der Waals surface area contributed by atoms with Crippen LogP contribution in [0.25, 0.3) is 0 Å². The molecule has 0 aromatic carbocycles. The maximum absolute atomic E-state index is 11.2. The Morgan fingerprint density at radius 2 is 0.661 bits per heavy atom. The van der Waals surface area contributed by atoms with Crippen molar-refractivity contribution in [1.82, 2.24) is 0 Å². The van der Waals surface area contributed by atoms with Gasteiger partial charge in [-0.05, 0) is 53.3 Å². The van der Waals surface area contributed by atoms with E-state index in [0.29, 0.717) is 0 Å². The normalized spacial score (nSPS) is 16.2. The molecule has 0 fully saturated rings. The Labute approximate surface area is 331 Å². The third kappa shape index (κ3) is 67.7. The Kier molecular flexibility index (Phi) is 41.6. The zero-order chi connectivity index (χ0) is 46.5. The summed E-state index contributed by atoms with van der Waals surface area (Å²) in [5.41, 5.74) is 0. The number of thiol groups is 1. The molecule has 0 radical (unpaired) electrons. The monoisotopic (exact) mass is 1060 g/mol. The second-order valence-corrected chi connectivity index (χ2v) is 23.2. The second-order valence-electron chi connectivity index (χ2n) is 7.42. The minimum atomic E-state index is -5.26. The van der Waals surface area contributed by atoms with Crippen LogP contribution in [0.15, 0.2) is 0 Å². The quantitative estimate of drug-likeness (QED) is 0.0613. The van der Waals surface area contributed by atoms with Crippen molar-refractivity contribution in [3.63, 3.8) is 0 Å². The summed E-state index contributed by atoms with van der Waals surface area (Å²) in [6.07, 6.45) is 0. The average molecular weight is 1060 g/mol. The van der Waals surface area contributed by atoms with Gasteiger partial charge in [0.2, 0.25) is 0 Å². The first-order chi connectivity index (χ1) is 24.6. The van der Waals surface area contributed by atoms with E-state index >= 15 is 0 Å². The highest BCUT2D eigenvalue weighted by atomic mass is 32.7. The van der Waals surface area contributed by atoms with Gasteiger partial charge >= 0.3 is 68.3 Å². The summed E-state index contributed by atoms with van der Waals surface area (Å²) in [6.45, 7) is 2.60. The standard InChI is InChI=1S/2C3H9O4P.C2H9O10P3.C2H8O7P2.2C2H7O3PS/c2*1-3-7-8(4,5)6-2;1-2-10-15(9,11-13(3,4)5)12-14(6,7)8;1-2-8-11(6,7)9-10(3,4)5;2*1-2-5-6(3,4)7/h2*3H2,1-2H3,(H,4,5);2H2,1H3,(H2,3,4,5)(H2,6,7,8);2H2,1H3,(H,6,7)(H2,3,4,5);2*2H2,1H3,(H2,3,4,7). The molecule has 0 bridgehead atoms. The molecule has 42 heteroatoms. The van der Waals surface area contributed by atoms with Crippen molar-refractivity contribution in [2.24, 2.45) is 0 Å². The number of phosphoric acid groups is 7. The summed E-state index contributed by atoms with van der Waals surface area (Å²) in [5.74, 6) is 0. The molecule has 0 saturated carbocycles. The fourth-order valence-electron chi connectivity index (χ4n) is 1.57. The third-order valence-electron chi connectivity index (χ3n) is 2.84. The molecular weight excluding hydrogens is 1010 g/mol. The van der Waals surface area contributed by atoms with Crippen molar-refractivity contribution >= 4 is 92.3 Å². The summed E-state index contributed by atoms with van der Waals surface area (Å²) >= 11 is 7.31. The van der Waals surface area contributed by atoms with Crippen LogP contribution in [0.4, 0.5) is 0 Å². The number of hydrogen-bond donors (Lipinski definition) is 13. The van der Waals surface area contributed by atoms with Crippen LogP contribution in [0.3, 0.4) is 0 Å². The second kappa shape index (κ2) is 33.5. The van der Waals surface area contributed by atoms with E-state index in [1.165, 1.54) is 13.8 Å². The zero-order valence-electron chi connectivity index (χ0n) is 30.2. The van der Waals surface area contributed by atoms with Crippen molar-refractivity contribution in [1.29, 1.82) is 0 Å². The van der Waals surface area contributed by atoms with Gasteiger partial charge in [0.25, 0.3) is 0 Å². The van der Waals surface area contributed by atoms with Gasteiger partial charge in [0.1, 0.15) is 0 Å². The van der Waals surface area contributed by atoms with Gasteiger partial charge in [-0.1, -0.05) is 12.2 Å². The van der Waals surface area contributed by atoms with Gasteiger partial charge in [-0.3, -0.25) is 27.1 Å². The predicted molar refractivity (Wildman–Crippen MR) is 198 cm³/mol. The molecule has 4 atom stereocenters. The summed E-state index contributed by atoms with van der Waals surface area (Å²) in [6, 6.07) is 0. The molecule has 31 nitrogen and oxygen atoms in total. The molecule has 0 spiro atoms. The lowest BCUT2D eigenvalue weighted by Gasteiger charge is -2.16. The molecule has 4 unspecified atom stereocenters. The molecule has 0 heterocycles. The van der Waals surface area contributed by atoms with Crippen LogP contribution < -0.4 is 0 Å². The highest BCUT2D eigenvalue weighted by molar-refractivity contribution is 8.44. The highest BCUT2D eigenvalue weighted by Gasteiger charge is 2.41. The van der Waals surface area contributed by atoms with Crippen LogP contribution in [0.1, 0.15) is 41.5 Å². The molecule has 0 aliphatic heterocycles. The molecule has 0 aromatic heterocycles. The van der Waals surface area contributed by atoms with Gasteiger partial charge in [0.05, 0.1) is 39.6 Å². The Hall–Kier alpha value is 1.92. The molecular formula is C14H49O31P9S2. The van der Waals surface area contributed by atoms with Gasteiger partial charge in [0.15, 0.2) is 0 Å². The molecule has 56 heavy (non-hydrogen) atoms. The highest BCUT2D eigenvalue weighted by Crippen LogP contribution is 2.67. The Bertz CT molecular complexity index is 1370. The minimum absolute atomic E-state index is 0.173. The lowest BCUT2D eigenvalue weighted by atomic mass is 10.9. The number of hydrogen-bond acceptors (Lipinski definition) is 20. The van der Waals surface area contributed by atoms with Gasteiger partial charge in [-0.25, -0.2) is 36.5 Å². The summed E-state index contributed by atoms with van der Waals surface area (Å²) < 4.78 is 127. The number of phosphoric ester groups is 3. The van der Waals surface area contributed by atoms with Crippen LogP contribution in [0.2, 0.25) is 0 Å². The van der Waals surface area contributed by atoms with E-state index in [4.69, 9.17) is 58.7 Å². The van der Waals surface area contributed by atoms with Crippen molar-refractivity contribution < 1.29 is 144 Å². The lowest BCUT2D eigenvalue weighted by Crippen LogP contribution is -1.97. The molecule has 348 valence electrons.